The van der Waals surface area contributed by atoms with E-state index in [2.05, 4.69) is 15.6 Å². The molecule has 0 radical (unpaired) electrons. The molecule has 0 bridgehead atoms. The van der Waals surface area contributed by atoms with Crippen molar-refractivity contribution >= 4 is 24.1 Å². The standard InChI is InChI=1S/C43H42N4O12/c48-25-34-36(58-39(50)32(23-28-13-5-1-6-14-28)44-42(53)55-26-30-17-9-3-10-18-30)37(38(57-34)47-22-21-35(49)46-41(47)52)59-40(51)33(24-29-15-7-2-8-16-29)45-43(54)56-27-31-19-11-4-12-20-31/h1-22,32-34,36-38,48H,23-27H2,(H,44,53)(H,45,54)(H,46,49,52). The second-order valence-corrected chi connectivity index (χ2v) is 13.5. The molecular formula is C43H42N4O12. The van der Waals surface area contributed by atoms with Gasteiger partial charge in [-0.2, -0.15) is 0 Å². The van der Waals surface area contributed by atoms with E-state index in [0.29, 0.717) is 22.3 Å². The van der Waals surface area contributed by atoms with Crippen LogP contribution in [-0.2, 0) is 59.3 Å². The largest absolute Gasteiger partial charge is 0.454 e. The highest BCUT2D eigenvalue weighted by Gasteiger charge is 2.52. The van der Waals surface area contributed by atoms with Crippen LogP contribution in [0.15, 0.2) is 143 Å². The fourth-order valence-corrected chi connectivity index (χ4v) is 6.31. The van der Waals surface area contributed by atoms with Crippen molar-refractivity contribution < 1.29 is 48.0 Å². The number of alkyl carbamates (subject to hydrolysis) is 2. The second kappa shape index (κ2) is 20.4. The Kier molecular flexibility index (Phi) is 14.4. The first-order valence-electron chi connectivity index (χ1n) is 18.7. The molecule has 0 spiro atoms. The molecule has 0 saturated carbocycles. The highest BCUT2D eigenvalue weighted by Crippen LogP contribution is 2.34. The van der Waals surface area contributed by atoms with Gasteiger partial charge < -0.3 is 39.4 Å². The Hall–Kier alpha value is -7.04. The van der Waals surface area contributed by atoms with E-state index in [1.165, 1.54) is 0 Å². The number of benzene rings is 4. The minimum Gasteiger partial charge on any atom is -0.454 e. The van der Waals surface area contributed by atoms with Gasteiger partial charge in [-0.25, -0.2) is 24.0 Å². The molecule has 1 aliphatic heterocycles. The molecule has 1 aliphatic rings. The molecule has 16 nitrogen and oxygen atoms in total. The van der Waals surface area contributed by atoms with Crippen LogP contribution in [-0.4, -0.2) is 75.8 Å². The van der Waals surface area contributed by atoms with Crippen molar-refractivity contribution in [3.63, 3.8) is 0 Å². The molecule has 2 amide bonds. The molecule has 306 valence electrons. The van der Waals surface area contributed by atoms with E-state index in [0.717, 1.165) is 16.8 Å². The minimum atomic E-state index is -1.66. The molecule has 4 aromatic carbocycles. The SMILES string of the molecule is O=C(NC(Cc1ccccc1)C(=O)OC1C(CO)OC(n2ccc(=O)[nH]c2=O)C1OC(=O)C(Cc1ccccc1)NC(=O)OCc1ccccc1)OCc1ccccc1. The molecule has 2 heterocycles. The number of nitrogens with zero attached hydrogens (tertiary/aromatic N) is 1. The predicted molar refractivity (Wildman–Crippen MR) is 209 cm³/mol. The number of amides is 2. The van der Waals surface area contributed by atoms with Crippen LogP contribution in [0, 0.1) is 0 Å². The van der Waals surface area contributed by atoms with Crippen LogP contribution in [0.4, 0.5) is 9.59 Å². The number of H-pyrrole nitrogens is 1. The number of aromatic nitrogens is 2. The van der Waals surface area contributed by atoms with Crippen molar-refractivity contribution in [1.82, 2.24) is 20.2 Å². The maximum Gasteiger partial charge on any atom is 0.408 e. The number of esters is 2. The normalized spacial score (nSPS) is 18.1. The molecule has 6 unspecified atom stereocenters. The van der Waals surface area contributed by atoms with E-state index in [1.807, 2.05) is 12.1 Å². The van der Waals surface area contributed by atoms with Crippen LogP contribution < -0.4 is 21.9 Å². The first-order chi connectivity index (χ1) is 28.7. The third kappa shape index (κ3) is 11.8. The number of hydrogen-bond donors (Lipinski definition) is 4. The lowest BCUT2D eigenvalue weighted by Gasteiger charge is -2.28. The summed E-state index contributed by atoms with van der Waals surface area (Å²) in [6.45, 7) is -0.968. The number of carbonyl (C=O) groups is 4. The minimum absolute atomic E-state index is 0.0566. The summed E-state index contributed by atoms with van der Waals surface area (Å²) in [5.74, 6) is -2.05. The summed E-state index contributed by atoms with van der Waals surface area (Å²) in [6, 6.07) is 33.5. The topological polar surface area (TPSA) is 214 Å². The molecule has 59 heavy (non-hydrogen) atoms. The Labute approximate surface area is 337 Å². The number of rotatable bonds is 16. The number of hydrogen-bond acceptors (Lipinski definition) is 12. The average Bonchev–Trinajstić information content (AvgIpc) is 3.58. The van der Waals surface area contributed by atoms with Gasteiger partial charge in [-0.3, -0.25) is 14.3 Å². The summed E-state index contributed by atoms with van der Waals surface area (Å²) in [4.78, 5) is 81.6. The third-order valence-corrected chi connectivity index (χ3v) is 9.24. The smallest absolute Gasteiger partial charge is 0.408 e. The second-order valence-electron chi connectivity index (χ2n) is 13.5. The predicted octanol–water partition coefficient (Wildman–Crippen LogP) is 3.33. The lowest BCUT2D eigenvalue weighted by molar-refractivity contribution is -0.171. The highest BCUT2D eigenvalue weighted by molar-refractivity contribution is 5.83. The number of nitrogens with one attached hydrogen (secondary N) is 3. The van der Waals surface area contributed by atoms with Gasteiger partial charge in [0.15, 0.2) is 18.4 Å². The van der Waals surface area contributed by atoms with Crippen molar-refractivity contribution in [2.45, 2.75) is 62.7 Å². The highest BCUT2D eigenvalue weighted by atomic mass is 16.7. The average molecular weight is 807 g/mol. The van der Waals surface area contributed by atoms with Crippen LogP contribution >= 0.6 is 0 Å². The van der Waals surface area contributed by atoms with Crippen LogP contribution in [0.1, 0.15) is 28.5 Å². The summed E-state index contributed by atoms with van der Waals surface area (Å²) in [5, 5.41) is 15.6. The van der Waals surface area contributed by atoms with Crippen molar-refractivity contribution in [2.75, 3.05) is 6.61 Å². The number of ether oxygens (including phenoxy) is 5. The van der Waals surface area contributed by atoms with Crippen LogP contribution in [0.25, 0.3) is 0 Å². The number of aliphatic hydroxyl groups excluding tert-OH is 1. The molecule has 1 aromatic heterocycles. The van der Waals surface area contributed by atoms with Gasteiger partial charge in [0.1, 0.15) is 31.4 Å². The molecule has 0 aliphatic carbocycles. The quantitative estimate of drug-likeness (QED) is 0.0836. The Balaban J connectivity index is 1.27. The van der Waals surface area contributed by atoms with Crippen molar-refractivity contribution in [1.29, 1.82) is 0 Å². The molecule has 1 fully saturated rings. The van der Waals surface area contributed by atoms with E-state index in [4.69, 9.17) is 23.7 Å². The number of aliphatic hydroxyl groups is 1. The van der Waals surface area contributed by atoms with Gasteiger partial charge in [-0.15, -0.1) is 0 Å². The van der Waals surface area contributed by atoms with Crippen molar-refractivity contribution in [2.24, 2.45) is 0 Å². The zero-order valence-corrected chi connectivity index (χ0v) is 31.6. The summed E-state index contributed by atoms with van der Waals surface area (Å²) < 4.78 is 29.6. The molecule has 5 aromatic rings. The van der Waals surface area contributed by atoms with E-state index >= 15 is 0 Å². The maximum absolute atomic E-state index is 14.2. The molecule has 16 heteroatoms. The van der Waals surface area contributed by atoms with Crippen LogP contribution in [0.3, 0.4) is 0 Å². The Bertz CT molecular complexity index is 2270. The van der Waals surface area contributed by atoms with E-state index in [9.17, 15) is 33.9 Å². The van der Waals surface area contributed by atoms with E-state index in [-0.39, 0.29) is 26.1 Å². The van der Waals surface area contributed by atoms with Gasteiger partial charge in [0.2, 0.25) is 0 Å². The first kappa shape index (κ1) is 41.6. The maximum atomic E-state index is 14.2. The summed E-state index contributed by atoms with van der Waals surface area (Å²) >= 11 is 0. The van der Waals surface area contributed by atoms with Crippen molar-refractivity contribution in [3.05, 3.63) is 177 Å². The van der Waals surface area contributed by atoms with Gasteiger partial charge in [0.05, 0.1) is 6.61 Å². The van der Waals surface area contributed by atoms with Gasteiger partial charge >= 0.3 is 29.8 Å². The molecular weight excluding hydrogens is 764 g/mol. The number of carbonyl (C=O) groups excluding carboxylic acids is 4. The fourth-order valence-electron chi connectivity index (χ4n) is 6.31. The van der Waals surface area contributed by atoms with Gasteiger partial charge in [-0.1, -0.05) is 121 Å². The molecule has 1 saturated heterocycles. The Morgan fingerprint density at radius 2 is 1.05 bits per heavy atom. The summed E-state index contributed by atoms with van der Waals surface area (Å²) in [5.41, 5.74) is 1.01. The van der Waals surface area contributed by atoms with Crippen LogP contribution in [0.5, 0.6) is 0 Å². The molecule has 6 atom stereocenters. The molecule has 6 rings (SSSR count). The summed E-state index contributed by atoms with van der Waals surface area (Å²) in [6.07, 6.45) is -7.10. The first-order valence-corrected chi connectivity index (χ1v) is 18.7. The zero-order valence-electron chi connectivity index (χ0n) is 31.6. The zero-order chi connectivity index (χ0) is 41.6. The van der Waals surface area contributed by atoms with Gasteiger partial charge in [0, 0.05) is 25.1 Å². The lowest BCUT2D eigenvalue weighted by atomic mass is 10.0. The Morgan fingerprint density at radius 3 is 1.47 bits per heavy atom. The third-order valence-electron chi connectivity index (χ3n) is 9.24. The summed E-state index contributed by atoms with van der Waals surface area (Å²) in [7, 11) is 0. The van der Waals surface area contributed by atoms with E-state index < -0.39 is 78.6 Å². The number of aromatic amines is 1. The molecule has 4 N–H and O–H groups in total. The lowest BCUT2D eigenvalue weighted by Crippen LogP contribution is -2.50. The monoisotopic (exact) mass is 806 g/mol. The van der Waals surface area contributed by atoms with Gasteiger partial charge in [-0.05, 0) is 22.3 Å². The van der Waals surface area contributed by atoms with E-state index in [1.54, 1.807) is 109 Å². The van der Waals surface area contributed by atoms with Crippen molar-refractivity contribution in [3.8, 4) is 0 Å². The van der Waals surface area contributed by atoms with Crippen LogP contribution in [0.2, 0.25) is 0 Å². The Morgan fingerprint density at radius 1 is 0.627 bits per heavy atom. The van der Waals surface area contributed by atoms with Gasteiger partial charge in [0.25, 0.3) is 5.56 Å². The fraction of sp³-hybridized carbons (Fsp3) is 0.256.